The number of carbonyl (C=O) groups is 2. The zero-order valence-electron chi connectivity index (χ0n) is 25.2. The van der Waals surface area contributed by atoms with Gasteiger partial charge in [-0.2, -0.15) is 13.2 Å². The summed E-state index contributed by atoms with van der Waals surface area (Å²) in [5, 5.41) is 7.43. The van der Waals surface area contributed by atoms with E-state index in [1.54, 1.807) is 25.7 Å². The van der Waals surface area contributed by atoms with Crippen molar-refractivity contribution in [1.82, 2.24) is 19.7 Å². The summed E-state index contributed by atoms with van der Waals surface area (Å²) >= 11 is 6.28. The summed E-state index contributed by atoms with van der Waals surface area (Å²) in [7, 11) is 1.29. The minimum Gasteiger partial charge on any atom is -0.494 e. The summed E-state index contributed by atoms with van der Waals surface area (Å²) < 4.78 is 76.0. The Kier molecular flexibility index (Phi) is 9.14. The standard InChI is InChI=1S/C31H33ClF4N4O5/c1-30(2,3)45-25(42)14-17-10-12-39(13-11-17)24(41)16-23-28-37-38-29(31(34,35)36)40(28)21-9-8-18(32)15-20(21)27(44-23)19-6-5-7-22(43-4)26(19)33/h5-9,15,17,23,27H,10-14,16H2,1-4H3/t23-,27-/m1/s1. The van der Waals surface area contributed by atoms with Gasteiger partial charge in [0, 0.05) is 35.7 Å². The average molecular weight is 653 g/mol. The highest BCUT2D eigenvalue weighted by Crippen LogP contribution is 2.45. The van der Waals surface area contributed by atoms with Crippen molar-refractivity contribution in [3.8, 4) is 11.4 Å². The van der Waals surface area contributed by atoms with E-state index in [1.807, 2.05) is 0 Å². The summed E-state index contributed by atoms with van der Waals surface area (Å²) in [6.07, 6.45) is -6.61. The van der Waals surface area contributed by atoms with Crippen LogP contribution in [0, 0.1) is 11.7 Å². The van der Waals surface area contributed by atoms with E-state index >= 15 is 4.39 Å². The molecule has 14 heteroatoms. The molecule has 0 bridgehead atoms. The summed E-state index contributed by atoms with van der Waals surface area (Å²) in [6, 6.07) is 8.50. The van der Waals surface area contributed by atoms with Gasteiger partial charge in [0.15, 0.2) is 17.4 Å². The van der Waals surface area contributed by atoms with Crippen LogP contribution in [-0.2, 0) is 25.2 Å². The number of esters is 1. The van der Waals surface area contributed by atoms with Crippen LogP contribution in [0.5, 0.6) is 5.75 Å². The van der Waals surface area contributed by atoms with Crippen LogP contribution in [-0.4, -0.2) is 57.3 Å². The monoisotopic (exact) mass is 652 g/mol. The fourth-order valence-corrected chi connectivity index (χ4v) is 5.91. The first-order valence-electron chi connectivity index (χ1n) is 14.5. The molecular weight excluding hydrogens is 620 g/mol. The molecule has 0 aliphatic carbocycles. The van der Waals surface area contributed by atoms with Crippen molar-refractivity contribution in [2.24, 2.45) is 5.92 Å². The van der Waals surface area contributed by atoms with Crippen LogP contribution < -0.4 is 4.74 Å². The van der Waals surface area contributed by atoms with Crippen molar-refractivity contribution in [3.63, 3.8) is 0 Å². The van der Waals surface area contributed by atoms with Gasteiger partial charge in [0.2, 0.25) is 11.7 Å². The maximum atomic E-state index is 15.6. The van der Waals surface area contributed by atoms with Crippen LogP contribution in [0.15, 0.2) is 36.4 Å². The van der Waals surface area contributed by atoms with Crippen LogP contribution in [0.3, 0.4) is 0 Å². The molecule has 1 amide bonds. The predicted molar refractivity (Wildman–Crippen MR) is 154 cm³/mol. The largest absolute Gasteiger partial charge is 0.494 e. The van der Waals surface area contributed by atoms with E-state index < -0.39 is 48.0 Å². The molecule has 0 radical (unpaired) electrons. The number of aromatic nitrogens is 3. The molecular formula is C31H33ClF4N4O5. The van der Waals surface area contributed by atoms with Crippen LogP contribution >= 0.6 is 11.6 Å². The first-order valence-corrected chi connectivity index (χ1v) is 14.8. The number of carbonyl (C=O) groups excluding carboxylic acids is 2. The van der Waals surface area contributed by atoms with E-state index in [0.717, 1.165) is 4.57 Å². The van der Waals surface area contributed by atoms with Gasteiger partial charge >= 0.3 is 12.1 Å². The molecule has 0 saturated carbocycles. The summed E-state index contributed by atoms with van der Waals surface area (Å²) in [5.74, 6) is -3.14. The third-order valence-electron chi connectivity index (χ3n) is 7.74. The van der Waals surface area contributed by atoms with Crippen molar-refractivity contribution >= 4 is 23.5 Å². The van der Waals surface area contributed by atoms with Crippen LogP contribution in [0.1, 0.15) is 81.4 Å². The molecule has 0 N–H and O–H groups in total. The molecule has 2 aliphatic heterocycles. The van der Waals surface area contributed by atoms with Crippen LogP contribution in [0.2, 0.25) is 5.02 Å². The number of amides is 1. The third kappa shape index (κ3) is 7.09. The molecule has 242 valence electrons. The average Bonchev–Trinajstić information content (AvgIpc) is 3.36. The lowest BCUT2D eigenvalue weighted by molar-refractivity contribution is -0.156. The van der Waals surface area contributed by atoms with Gasteiger partial charge in [-0.15, -0.1) is 10.2 Å². The number of piperidine rings is 1. The van der Waals surface area contributed by atoms with Crippen molar-refractivity contribution in [3.05, 3.63) is 70.0 Å². The summed E-state index contributed by atoms with van der Waals surface area (Å²) in [6.45, 7) is 6.05. The Morgan fingerprint density at radius 2 is 1.76 bits per heavy atom. The molecule has 1 saturated heterocycles. The highest BCUT2D eigenvalue weighted by Gasteiger charge is 2.44. The normalized spacial score (nSPS) is 19.0. The number of fused-ring (bicyclic) bond motifs is 3. The molecule has 3 heterocycles. The van der Waals surface area contributed by atoms with Gasteiger partial charge in [-0.25, -0.2) is 4.39 Å². The first-order chi connectivity index (χ1) is 21.2. The maximum absolute atomic E-state index is 15.6. The second-order valence-corrected chi connectivity index (χ2v) is 12.5. The number of hydrogen-bond acceptors (Lipinski definition) is 7. The Bertz CT molecular complexity index is 1580. The molecule has 1 fully saturated rings. The Balaban J connectivity index is 1.47. The number of rotatable bonds is 6. The Morgan fingerprint density at radius 3 is 2.40 bits per heavy atom. The van der Waals surface area contributed by atoms with E-state index in [2.05, 4.69) is 10.2 Å². The molecule has 0 unspecified atom stereocenters. The topological polar surface area (TPSA) is 95.8 Å². The van der Waals surface area contributed by atoms with Gasteiger partial charge in [0.05, 0.1) is 19.2 Å². The number of methoxy groups -OCH3 is 1. The molecule has 2 aromatic carbocycles. The first kappa shape index (κ1) is 32.7. The van der Waals surface area contributed by atoms with E-state index in [1.165, 1.54) is 43.5 Å². The van der Waals surface area contributed by atoms with E-state index in [9.17, 15) is 22.8 Å². The van der Waals surface area contributed by atoms with Gasteiger partial charge in [-0.1, -0.05) is 23.7 Å². The van der Waals surface area contributed by atoms with Crippen molar-refractivity contribution in [2.45, 2.75) is 70.4 Å². The van der Waals surface area contributed by atoms with Gasteiger partial charge in [0.25, 0.3) is 0 Å². The Hall–Kier alpha value is -3.71. The zero-order chi connectivity index (χ0) is 32.7. The number of hydrogen-bond donors (Lipinski definition) is 0. The number of halogens is 5. The summed E-state index contributed by atoms with van der Waals surface area (Å²) in [4.78, 5) is 27.5. The lowest BCUT2D eigenvalue weighted by Crippen LogP contribution is -2.40. The fraction of sp³-hybridized carbons (Fsp3) is 0.484. The van der Waals surface area contributed by atoms with Crippen molar-refractivity contribution in [1.29, 1.82) is 0 Å². The van der Waals surface area contributed by atoms with Gasteiger partial charge < -0.3 is 19.1 Å². The van der Waals surface area contributed by atoms with Crippen molar-refractivity contribution < 1.29 is 41.4 Å². The highest BCUT2D eigenvalue weighted by molar-refractivity contribution is 6.30. The van der Waals surface area contributed by atoms with Gasteiger partial charge in [-0.05, 0) is 63.8 Å². The Labute approximate surface area is 262 Å². The SMILES string of the molecule is COc1cccc([C@H]2O[C@H](CC(=O)N3CCC(CC(=O)OC(C)(C)C)CC3)c3nnc(C(F)(F)F)n3-c3ccc(Cl)cc32)c1F. The summed E-state index contributed by atoms with van der Waals surface area (Å²) in [5.41, 5.74) is -0.517. The van der Waals surface area contributed by atoms with Gasteiger partial charge in [0.1, 0.15) is 17.8 Å². The molecule has 0 spiro atoms. The molecule has 2 aliphatic rings. The molecule has 9 nitrogen and oxygen atoms in total. The minimum absolute atomic E-state index is 0.0168. The van der Waals surface area contributed by atoms with Crippen LogP contribution in [0.25, 0.3) is 5.69 Å². The molecule has 2 atom stereocenters. The Morgan fingerprint density at radius 1 is 1.04 bits per heavy atom. The molecule has 45 heavy (non-hydrogen) atoms. The second kappa shape index (κ2) is 12.6. The smallest absolute Gasteiger partial charge is 0.452 e. The highest BCUT2D eigenvalue weighted by atomic mass is 35.5. The second-order valence-electron chi connectivity index (χ2n) is 12.1. The lowest BCUT2D eigenvalue weighted by atomic mass is 9.93. The third-order valence-corrected chi connectivity index (χ3v) is 7.98. The lowest BCUT2D eigenvalue weighted by Gasteiger charge is -2.33. The van der Waals surface area contributed by atoms with E-state index in [-0.39, 0.29) is 51.7 Å². The van der Waals surface area contributed by atoms with Crippen LogP contribution in [0.4, 0.5) is 17.6 Å². The quantitative estimate of drug-likeness (QED) is 0.219. The zero-order valence-corrected chi connectivity index (χ0v) is 25.9. The number of likely N-dealkylation sites (tertiary alicyclic amines) is 1. The minimum atomic E-state index is -4.91. The molecule has 5 rings (SSSR count). The molecule has 1 aromatic heterocycles. The van der Waals surface area contributed by atoms with Gasteiger partial charge in [-0.3, -0.25) is 14.2 Å². The number of benzene rings is 2. The number of alkyl halides is 3. The maximum Gasteiger partial charge on any atom is 0.452 e. The predicted octanol–water partition coefficient (Wildman–Crippen LogP) is 6.61. The van der Waals surface area contributed by atoms with E-state index in [0.29, 0.717) is 25.9 Å². The number of nitrogens with zero attached hydrogens (tertiary/aromatic N) is 4. The molecule has 3 aromatic rings. The van der Waals surface area contributed by atoms with E-state index in [4.69, 9.17) is 25.8 Å². The number of ether oxygens (including phenoxy) is 3. The fourth-order valence-electron chi connectivity index (χ4n) is 5.72. The van der Waals surface area contributed by atoms with Crippen molar-refractivity contribution in [2.75, 3.05) is 20.2 Å².